The molecule has 1 aliphatic heterocycles. The second-order valence-electron chi connectivity index (χ2n) is 7.66. The van der Waals surface area contributed by atoms with Gasteiger partial charge in [0.2, 0.25) is 0 Å². The Morgan fingerprint density at radius 2 is 1.88 bits per heavy atom. The van der Waals surface area contributed by atoms with Crippen molar-refractivity contribution in [3.05, 3.63) is 33.2 Å². The predicted molar refractivity (Wildman–Crippen MR) is 102 cm³/mol. The van der Waals surface area contributed by atoms with Crippen molar-refractivity contribution in [3.63, 3.8) is 0 Å². The van der Waals surface area contributed by atoms with Crippen LogP contribution in [0, 0.1) is 13.8 Å². The molecule has 0 spiro atoms. The Balaban J connectivity index is 2.04. The number of carbonyl (C=O) groups excluding carboxylic acids is 1. The second kappa shape index (κ2) is 7.85. The molecule has 26 heavy (non-hydrogen) atoms. The van der Waals surface area contributed by atoms with Crippen molar-refractivity contribution in [3.8, 4) is 0 Å². The number of anilines is 1. The van der Waals surface area contributed by atoms with Crippen LogP contribution >= 0.6 is 0 Å². The van der Waals surface area contributed by atoms with Crippen LogP contribution in [0.15, 0.2) is 11.2 Å². The Bertz CT molecular complexity index is 726. The van der Waals surface area contributed by atoms with Crippen LogP contribution in [0.5, 0.6) is 0 Å². The summed E-state index contributed by atoms with van der Waals surface area (Å²) in [6, 6.07) is 1.95. The summed E-state index contributed by atoms with van der Waals surface area (Å²) in [5, 5.41) is 3.80. The number of benzene rings is 1. The van der Waals surface area contributed by atoms with Crippen molar-refractivity contribution in [1.82, 2.24) is 9.80 Å². The summed E-state index contributed by atoms with van der Waals surface area (Å²) in [5.74, 6) is 0. The van der Waals surface area contributed by atoms with Crippen LogP contribution in [-0.2, 0) is 11.3 Å². The van der Waals surface area contributed by atoms with E-state index in [0.29, 0.717) is 31.0 Å². The molecule has 1 aromatic rings. The van der Waals surface area contributed by atoms with E-state index in [0.717, 1.165) is 29.8 Å². The Morgan fingerprint density at radius 3 is 2.42 bits per heavy atom. The summed E-state index contributed by atoms with van der Waals surface area (Å²) in [6.07, 6.45) is -0.265. The lowest BCUT2D eigenvalue weighted by molar-refractivity contribution is 0.0139. The van der Waals surface area contributed by atoms with E-state index in [1.54, 1.807) is 4.90 Å². The van der Waals surface area contributed by atoms with E-state index in [-0.39, 0.29) is 6.09 Å². The van der Waals surface area contributed by atoms with Gasteiger partial charge in [-0.3, -0.25) is 4.90 Å². The van der Waals surface area contributed by atoms with Crippen LogP contribution in [0.1, 0.15) is 37.5 Å². The number of piperazine rings is 1. The van der Waals surface area contributed by atoms with Crippen molar-refractivity contribution in [2.24, 2.45) is 5.11 Å². The number of azide groups is 1. The lowest BCUT2D eigenvalue weighted by Gasteiger charge is -2.36. The van der Waals surface area contributed by atoms with Crippen LogP contribution in [0.4, 0.5) is 16.2 Å². The van der Waals surface area contributed by atoms with Gasteiger partial charge in [-0.2, -0.15) is 0 Å². The van der Waals surface area contributed by atoms with Gasteiger partial charge in [0.25, 0.3) is 0 Å². The highest BCUT2D eigenvalue weighted by molar-refractivity contribution is 5.68. The van der Waals surface area contributed by atoms with Gasteiger partial charge in [-0.05, 0) is 62.9 Å². The van der Waals surface area contributed by atoms with Crippen LogP contribution < -0.4 is 5.73 Å². The van der Waals surface area contributed by atoms with Gasteiger partial charge in [-0.25, -0.2) is 4.79 Å². The van der Waals surface area contributed by atoms with Crippen molar-refractivity contribution >= 4 is 17.5 Å². The number of ether oxygens (including phenoxy) is 1. The molecule has 0 radical (unpaired) electrons. The van der Waals surface area contributed by atoms with Gasteiger partial charge >= 0.3 is 6.09 Å². The molecule has 2 rings (SSSR count). The van der Waals surface area contributed by atoms with E-state index in [4.69, 9.17) is 16.0 Å². The average molecular weight is 360 g/mol. The molecule has 1 heterocycles. The van der Waals surface area contributed by atoms with Crippen LogP contribution in [0.2, 0.25) is 0 Å². The summed E-state index contributed by atoms with van der Waals surface area (Å²) < 4.78 is 5.43. The molecule has 0 unspecified atom stereocenters. The number of carbonyl (C=O) groups is 1. The largest absolute Gasteiger partial charge is 0.444 e. The Kier molecular flexibility index (Phi) is 6.00. The number of rotatable bonds is 3. The molecule has 1 amide bonds. The molecule has 1 fully saturated rings. The van der Waals surface area contributed by atoms with Gasteiger partial charge < -0.3 is 15.4 Å². The zero-order valence-corrected chi connectivity index (χ0v) is 16.2. The molecule has 1 aromatic carbocycles. The summed E-state index contributed by atoms with van der Waals surface area (Å²) in [5.41, 5.74) is 18.4. The number of hydrogen-bond acceptors (Lipinski definition) is 5. The lowest BCUT2D eigenvalue weighted by atomic mass is 10.0. The van der Waals surface area contributed by atoms with E-state index >= 15 is 0 Å². The van der Waals surface area contributed by atoms with Crippen molar-refractivity contribution < 1.29 is 9.53 Å². The first-order chi connectivity index (χ1) is 12.1. The number of hydrogen-bond donors (Lipinski definition) is 1. The number of nitrogens with two attached hydrogens (primary N) is 1. The fraction of sp³-hybridized carbons (Fsp3) is 0.611. The Hall–Kier alpha value is -2.44. The number of amides is 1. The normalized spacial score (nSPS) is 15.5. The van der Waals surface area contributed by atoms with Gasteiger partial charge in [0, 0.05) is 49.0 Å². The zero-order valence-electron chi connectivity index (χ0n) is 16.2. The highest BCUT2D eigenvalue weighted by atomic mass is 16.6. The quantitative estimate of drug-likeness (QED) is 0.382. The average Bonchev–Trinajstić information content (AvgIpc) is 2.55. The standard InChI is InChI=1S/C18H28N6O2/c1-12-14(10-15(19)13(2)16(12)21-22-20)11-23-6-8-24(9-7-23)17(25)26-18(3,4)5/h10H,6-9,11,19H2,1-5H3. The highest BCUT2D eigenvalue weighted by Gasteiger charge is 2.26. The molecule has 1 aliphatic rings. The predicted octanol–water partition coefficient (Wildman–Crippen LogP) is 3.88. The van der Waals surface area contributed by atoms with Gasteiger partial charge in [0.1, 0.15) is 5.60 Å². The third-order valence-corrected chi connectivity index (χ3v) is 4.52. The van der Waals surface area contributed by atoms with Crippen molar-refractivity contribution in [1.29, 1.82) is 0 Å². The molecule has 0 aliphatic carbocycles. The van der Waals surface area contributed by atoms with Crippen LogP contribution in [0.3, 0.4) is 0 Å². The van der Waals surface area contributed by atoms with E-state index < -0.39 is 5.60 Å². The Morgan fingerprint density at radius 1 is 1.27 bits per heavy atom. The first-order valence-corrected chi connectivity index (χ1v) is 8.76. The first-order valence-electron chi connectivity index (χ1n) is 8.76. The van der Waals surface area contributed by atoms with E-state index in [1.807, 2.05) is 40.7 Å². The summed E-state index contributed by atoms with van der Waals surface area (Å²) in [7, 11) is 0. The fourth-order valence-corrected chi connectivity index (χ4v) is 2.99. The van der Waals surface area contributed by atoms with Gasteiger partial charge in [-0.15, -0.1) is 0 Å². The van der Waals surface area contributed by atoms with Crippen molar-refractivity contribution in [2.75, 3.05) is 31.9 Å². The minimum atomic E-state index is -0.484. The molecule has 1 saturated heterocycles. The number of nitrogens with zero attached hydrogens (tertiary/aromatic N) is 5. The fourth-order valence-electron chi connectivity index (χ4n) is 2.99. The third kappa shape index (κ3) is 4.80. The molecule has 0 saturated carbocycles. The van der Waals surface area contributed by atoms with Gasteiger partial charge in [0.15, 0.2) is 0 Å². The third-order valence-electron chi connectivity index (χ3n) is 4.52. The van der Waals surface area contributed by atoms with Gasteiger partial charge in [-0.1, -0.05) is 5.11 Å². The number of nitrogen functional groups attached to an aromatic ring is 1. The Labute approximate surface area is 154 Å². The topological polar surface area (TPSA) is 108 Å². The zero-order chi connectivity index (χ0) is 19.5. The molecule has 0 atom stereocenters. The highest BCUT2D eigenvalue weighted by Crippen LogP contribution is 2.32. The van der Waals surface area contributed by atoms with Crippen LogP contribution in [-0.4, -0.2) is 47.7 Å². The summed E-state index contributed by atoms with van der Waals surface area (Å²) >= 11 is 0. The van der Waals surface area contributed by atoms with Crippen molar-refractivity contribution in [2.45, 2.75) is 46.8 Å². The molecule has 0 aromatic heterocycles. The minimum Gasteiger partial charge on any atom is -0.444 e. The van der Waals surface area contributed by atoms with Crippen LogP contribution in [0.25, 0.3) is 10.4 Å². The SMILES string of the molecule is Cc1c(N)cc(CN2CCN(C(=O)OC(C)(C)C)CC2)c(C)c1N=[N+]=[N-]. The van der Waals surface area contributed by atoms with E-state index in [1.165, 1.54) is 0 Å². The minimum absolute atomic E-state index is 0.265. The maximum absolute atomic E-state index is 12.2. The first kappa shape index (κ1) is 19.9. The molecular formula is C18H28N6O2. The van der Waals surface area contributed by atoms with E-state index in [2.05, 4.69) is 14.9 Å². The molecule has 0 bridgehead atoms. The lowest BCUT2D eigenvalue weighted by Crippen LogP contribution is -2.49. The van der Waals surface area contributed by atoms with Gasteiger partial charge in [0.05, 0.1) is 0 Å². The maximum Gasteiger partial charge on any atom is 0.410 e. The molecule has 8 nitrogen and oxygen atoms in total. The smallest absolute Gasteiger partial charge is 0.410 e. The molecular weight excluding hydrogens is 332 g/mol. The maximum atomic E-state index is 12.2. The molecule has 142 valence electrons. The monoisotopic (exact) mass is 360 g/mol. The summed E-state index contributed by atoms with van der Waals surface area (Å²) in [4.78, 5) is 19.1. The molecule has 8 heteroatoms. The molecule has 2 N–H and O–H groups in total. The summed E-state index contributed by atoms with van der Waals surface area (Å²) in [6.45, 7) is 12.9. The van der Waals surface area contributed by atoms with E-state index in [9.17, 15) is 4.79 Å². The second-order valence-corrected chi connectivity index (χ2v) is 7.66.